The Labute approximate surface area is 119 Å². The summed E-state index contributed by atoms with van der Waals surface area (Å²) in [5.74, 6) is -0.492. The van der Waals surface area contributed by atoms with E-state index < -0.39 is 6.10 Å². The Bertz CT molecular complexity index is 510. The first-order chi connectivity index (χ1) is 9.11. The fourth-order valence-corrected chi connectivity index (χ4v) is 3.66. The third-order valence-electron chi connectivity index (χ3n) is 3.89. The van der Waals surface area contributed by atoms with E-state index in [-0.39, 0.29) is 22.7 Å². The molecule has 0 aromatic heterocycles. The number of halogens is 1. The number of hydrogen-bond acceptors (Lipinski definition) is 3. The van der Waals surface area contributed by atoms with Crippen molar-refractivity contribution < 1.29 is 14.7 Å². The molecular weight excluding hydrogens is 310 g/mol. The van der Waals surface area contributed by atoms with Gasteiger partial charge in [0.25, 0.3) is 11.8 Å². The lowest BCUT2D eigenvalue weighted by Crippen LogP contribution is -2.50. The molecule has 100 valence electrons. The van der Waals surface area contributed by atoms with Gasteiger partial charge >= 0.3 is 0 Å². The van der Waals surface area contributed by atoms with Crippen LogP contribution >= 0.6 is 15.9 Å². The molecule has 1 aliphatic carbocycles. The maximum Gasteiger partial charge on any atom is 0.261 e. The minimum Gasteiger partial charge on any atom is -0.392 e. The summed E-state index contributed by atoms with van der Waals surface area (Å²) < 4.78 is 0. The van der Waals surface area contributed by atoms with Gasteiger partial charge in [-0.05, 0) is 31.4 Å². The summed E-state index contributed by atoms with van der Waals surface area (Å²) in [6, 6.07) is 6.61. The highest BCUT2D eigenvalue weighted by Crippen LogP contribution is 2.34. The first-order valence-electron chi connectivity index (χ1n) is 6.40. The number of carbonyl (C=O) groups is 2. The van der Waals surface area contributed by atoms with E-state index in [1.165, 1.54) is 4.90 Å². The van der Waals surface area contributed by atoms with Crippen LogP contribution in [0.25, 0.3) is 0 Å². The van der Waals surface area contributed by atoms with Gasteiger partial charge in [0.1, 0.15) is 0 Å². The average Bonchev–Trinajstić information content (AvgIpc) is 2.67. The Morgan fingerprint density at radius 1 is 1.11 bits per heavy atom. The molecule has 1 aromatic rings. The molecule has 19 heavy (non-hydrogen) atoms. The normalized spacial score (nSPS) is 30.6. The van der Waals surface area contributed by atoms with Crippen LogP contribution in [0.3, 0.4) is 0 Å². The second kappa shape index (κ2) is 4.72. The van der Waals surface area contributed by atoms with Gasteiger partial charge in [0, 0.05) is 0 Å². The Morgan fingerprint density at radius 3 is 2.26 bits per heavy atom. The molecule has 1 heterocycles. The van der Waals surface area contributed by atoms with Crippen molar-refractivity contribution >= 4 is 27.7 Å². The van der Waals surface area contributed by atoms with Gasteiger partial charge in [-0.2, -0.15) is 0 Å². The molecule has 1 aliphatic heterocycles. The Hall–Kier alpha value is -1.20. The van der Waals surface area contributed by atoms with Gasteiger partial charge in [-0.25, -0.2) is 0 Å². The van der Waals surface area contributed by atoms with Gasteiger partial charge in [-0.3, -0.25) is 14.5 Å². The van der Waals surface area contributed by atoms with Crippen molar-refractivity contribution in [2.24, 2.45) is 0 Å². The van der Waals surface area contributed by atoms with Gasteiger partial charge in [0.2, 0.25) is 0 Å². The molecule has 1 aromatic carbocycles. The molecule has 1 fully saturated rings. The zero-order valence-corrected chi connectivity index (χ0v) is 11.8. The predicted octanol–water partition coefficient (Wildman–Crippen LogP) is 1.96. The second-order valence-electron chi connectivity index (χ2n) is 5.04. The molecule has 3 atom stereocenters. The predicted molar refractivity (Wildman–Crippen MR) is 73.3 cm³/mol. The number of amides is 2. The summed E-state index contributed by atoms with van der Waals surface area (Å²) in [6.07, 6.45) is 1.75. The molecule has 0 saturated heterocycles. The fraction of sp³-hybridized carbons (Fsp3) is 0.429. The third-order valence-corrected chi connectivity index (χ3v) is 5.11. The van der Waals surface area contributed by atoms with E-state index in [0.29, 0.717) is 17.5 Å². The highest BCUT2D eigenvalue weighted by molar-refractivity contribution is 9.09. The Balaban J connectivity index is 1.95. The number of alkyl halides is 1. The number of benzene rings is 1. The number of fused-ring (bicyclic) bond motifs is 1. The van der Waals surface area contributed by atoms with Crippen molar-refractivity contribution in [2.45, 2.75) is 36.2 Å². The van der Waals surface area contributed by atoms with Crippen LogP contribution < -0.4 is 0 Å². The summed E-state index contributed by atoms with van der Waals surface area (Å²) in [4.78, 5) is 25.8. The molecular formula is C14H14BrNO3. The van der Waals surface area contributed by atoms with Crippen molar-refractivity contribution in [3.63, 3.8) is 0 Å². The van der Waals surface area contributed by atoms with Gasteiger partial charge in [0.05, 0.1) is 28.1 Å². The molecule has 2 aliphatic rings. The van der Waals surface area contributed by atoms with Crippen LogP contribution in [0, 0.1) is 0 Å². The molecule has 3 rings (SSSR count). The first kappa shape index (κ1) is 12.8. The minimum absolute atomic E-state index is 0.246. The summed E-state index contributed by atoms with van der Waals surface area (Å²) >= 11 is 3.43. The molecule has 0 radical (unpaired) electrons. The van der Waals surface area contributed by atoms with Crippen molar-refractivity contribution in [3.05, 3.63) is 35.4 Å². The first-order valence-corrected chi connectivity index (χ1v) is 7.32. The fourth-order valence-electron chi connectivity index (χ4n) is 2.89. The number of hydrogen-bond donors (Lipinski definition) is 1. The smallest absolute Gasteiger partial charge is 0.261 e. The zero-order chi connectivity index (χ0) is 13.6. The molecule has 5 heteroatoms. The maximum atomic E-state index is 12.4. The summed E-state index contributed by atoms with van der Waals surface area (Å²) in [6.45, 7) is 0. The Kier molecular flexibility index (Phi) is 3.19. The van der Waals surface area contributed by atoms with Crippen molar-refractivity contribution in [2.75, 3.05) is 0 Å². The number of imide groups is 1. The lowest BCUT2D eigenvalue weighted by Gasteiger charge is -2.36. The summed E-state index contributed by atoms with van der Waals surface area (Å²) in [5, 5.41) is 9.90. The van der Waals surface area contributed by atoms with E-state index in [1.54, 1.807) is 24.3 Å². The largest absolute Gasteiger partial charge is 0.392 e. The van der Waals surface area contributed by atoms with E-state index in [0.717, 1.165) is 12.8 Å². The van der Waals surface area contributed by atoms with Crippen molar-refractivity contribution in [3.8, 4) is 0 Å². The van der Waals surface area contributed by atoms with Crippen molar-refractivity contribution in [1.29, 1.82) is 0 Å². The van der Waals surface area contributed by atoms with Crippen LogP contribution in [-0.2, 0) is 0 Å². The van der Waals surface area contributed by atoms with Gasteiger partial charge in [0.15, 0.2) is 0 Å². The number of aliphatic hydroxyl groups excluding tert-OH is 1. The summed E-state index contributed by atoms with van der Waals surface area (Å²) in [7, 11) is 0. The molecule has 0 bridgehead atoms. The van der Waals surface area contributed by atoms with Crippen LogP contribution in [0.2, 0.25) is 0 Å². The van der Waals surface area contributed by atoms with Crippen LogP contribution in [0.15, 0.2) is 24.3 Å². The number of carbonyl (C=O) groups excluding carboxylic acids is 2. The van der Waals surface area contributed by atoms with Crippen LogP contribution in [-0.4, -0.2) is 38.8 Å². The van der Waals surface area contributed by atoms with Crippen LogP contribution in [0.1, 0.15) is 40.0 Å². The van der Waals surface area contributed by atoms with Gasteiger partial charge in [-0.1, -0.05) is 28.1 Å². The van der Waals surface area contributed by atoms with E-state index in [4.69, 9.17) is 0 Å². The van der Waals surface area contributed by atoms with Gasteiger partial charge in [-0.15, -0.1) is 0 Å². The lowest BCUT2D eigenvalue weighted by atomic mass is 9.91. The molecule has 4 nitrogen and oxygen atoms in total. The van der Waals surface area contributed by atoms with Crippen LogP contribution in [0.4, 0.5) is 0 Å². The highest BCUT2D eigenvalue weighted by atomic mass is 79.9. The quantitative estimate of drug-likeness (QED) is 0.635. The molecule has 1 saturated carbocycles. The van der Waals surface area contributed by atoms with Crippen molar-refractivity contribution in [1.82, 2.24) is 4.90 Å². The minimum atomic E-state index is -0.511. The van der Waals surface area contributed by atoms with Gasteiger partial charge < -0.3 is 5.11 Å². The zero-order valence-electron chi connectivity index (χ0n) is 10.3. The highest BCUT2D eigenvalue weighted by Gasteiger charge is 2.44. The molecule has 0 unspecified atom stereocenters. The molecule has 1 N–H and O–H groups in total. The topological polar surface area (TPSA) is 57.6 Å². The second-order valence-corrected chi connectivity index (χ2v) is 6.09. The maximum absolute atomic E-state index is 12.4. The lowest BCUT2D eigenvalue weighted by molar-refractivity contribution is 0.0447. The Morgan fingerprint density at radius 2 is 1.68 bits per heavy atom. The third kappa shape index (κ3) is 1.92. The number of aliphatic hydroxyl groups is 1. The van der Waals surface area contributed by atoms with Crippen LogP contribution in [0.5, 0.6) is 0 Å². The van der Waals surface area contributed by atoms with E-state index in [9.17, 15) is 14.7 Å². The summed E-state index contributed by atoms with van der Waals surface area (Å²) in [5.41, 5.74) is 0.930. The average molecular weight is 324 g/mol. The van der Waals surface area contributed by atoms with E-state index in [1.807, 2.05) is 0 Å². The molecule has 0 spiro atoms. The standard InChI is InChI=1S/C14H14BrNO3/c15-12-10(6-3-7-11(12)17)16-13(18)8-4-1-2-5-9(8)14(16)19/h1-2,4-5,10-12,17H,3,6-7H2/t10-,11-,12-/m1/s1. The number of rotatable bonds is 1. The molecule has 2 amide bonds. The van der Waals surface area contributed by atoms with E-state index >= 15 is 0 Å². The van der Waals surface area contributed by atoms with E-state index in [2.05, 4.69) is 15.9 Å². The number of nitrogens with zero attached hydrogens (tertiary/aromatic N) is 1. The SMILES string of the molecule is O=C1c2ccccc2C(=O)N1[C@@H]1CCC[C@@H](O)[C@@H]1Br. The monoisotopic (exact) mass is 323 g/mol.